The molecule has 0 saturated heterocycles. The van der Waals surface area contributed by atoms with Gasteiger partial charge in [-0.25, -0.2) is 9.97 Å². The first-order chi connectivity index (χ1) is 9.65. The van der Waals surface area contributed by atoms with Crippen molar-refractivity contribution in [2.75, 3.05) is 30.4 Å². The average Bonchev–Trinajstić information content (AvgIpc) is 3.28. The van der Waals surface area contributed by atoms with Crippen molar-refractivity contribution in [3.63, 3.8) is 0 Å². The van der Waals surface area contributed by atoms with Crippen LogP contribution in [-0.2, 0) is 11.3 Å². The highest BCUT2D eigenvalue weighted by Crippen LogP contribution is 2.36. The molecule has 5 heteroatoms. The summed E-state index contributed by atoms with van der Waals surface area (Å²) in [5.41, 5.74) is 0. The van der Waals surface area contributed by atoms with Gasteiger partial charge in [0.2, 0.25) is 0 Å². The Morgan fingerprint density at radius 1 is 1.40 bits per heavy atom. The summed E-state index contributed by atoms with van der Waals surface area (Å²) >= 11 is 0. The summed E-state index contributed by atoms with van der Waals surface area (Å²) in [5.74, 6) is 3.41. The molecule has 1 saturated carbocycles. The molecule has 0 aromatic carbocycles. The van der Waals surface area contributed by atoms with Crippen molar-refractivity contribution in [3.05, 3.63) is 11.9 Å². The zero-order chi connectivity index (χ0) is 14.5. The largest absolute Gasteiger partial charge is 0.374 e. The maximum atomic E-state index is 5.44. The minimum atomic E-state index is 0.467. The van der Waals surface area contributed by atoms with Crippen molar-refractivity contribution < 1.29 is 4.74 Å². The summed E-state index contributed by atoms with van der Waals surface area (Å²) in [6.45, 7) is 8.32. The van der Waals surface area contributed by atoms with E-state index in [0.29, 0.717) is 19.3 Å². The molecule has 1 N–H and O–H groups in total. The molecule has 20 heavy (non-hydrogen) atoms. The summed E-state index contributed by atoms with van der Waals surface area (Å²) in [6.07, 6.45) is 2.67. The van der Waals surface area contributed by atoms with Gasteiger partial charge in [0.05, 0.1) is 0 Å². The maximum absolute atomic E-state index is 5.44. The lowest BCUT2D eigenvalue weighted by molar-refractivity contribution is 0.128. The lowest BCUT2D eigenvalue weighted by Crippen LogP contribution is -2.31. The standard InChI is InChI=1S/C15H26N4O/c1-5-16-13-9-15(18-14(17-13)10-20-6-2)19(4)11(3)12-7-8-12/h9,11-12H,5-8,10H2,1-4H3,(H,16,17,18). The molecule has 1 aromatic heterocycles. The van der Waals surface area contributed by atoms with Crippen LogP contribution < -0.4 is 10.2 Å². The zero-order valence-electron chi connectivity index (χ0n) is 13.0. The van der Waals surface area contributed by atoms with Crippen LogP contribution in [0.5, 0.6) is 0 Å². The number of anilines is 2. The van der Waals surface area contributed by atoms with Crippen molar-refractivity contribution in [3.8, 4) is 0 Å². The highest BCUT2D eigenvalue weighted by atomic mass is 16.5. The van der Waals surface area contributed by atoms with E-state index in [1.165, 1.54) is 12.8 Å². The first-order valence-electron chi connectivity index (χ1n) is 7.58. The molecule has 0 radical (unpaired) electrons. The molecule has 0 amide bonds. The molecule has 2 rings (SSSR count). The third kappa shape index (κ3) is 3.82. The van der Waals surface area contributed by atoms with Crippen LogP contribution in [0.1, 0.15) is 39.4 Å². The fourth-order valence-corrected chi connectivity index (χ4v) is 2.30. The molecule has 1 aromatic rings. The molecule has 0 aliphatic heterocycles. The number of aromatic nitrogens is 2. The van der Waals surface area contributed by atoms with Crippen molar-refractivity contribution in [1.82, 2.24) is 9.97 Å². The maximum Gasteiger partial charge on any atom is 0.158 e. The van der Waals surface area contributed by atoms with Gasteiger partial charge < -0.3 is 15.0 Å². The van der Waals surface area contributed by atoms with Gasteiger partial charge in [-0.05, 0) is 39.5 Å². The van der Waals surface area contributed by atoms with E-state index in [1.54, 1.807) is 0 Å². The molecule has 1 unspecified atom stereocenters. The van der Waals surface area contributed by atoms with Gasteiger partial charge in [0.25, 0.3) is 0 Å². The Morgan fingerprint density at radius 3 is 2.75 bits per heavy atom. The Morgan fingerprint density at radius 2 is 2.15 bits per heavy atom. The second-order valence-electron chi connectivity index (χ2n) is 5.38. The van der Waals surface area contributed by atoms with Crippen molar-refractivity contribution >= 4 is 11.6 Å². The lowest BCUT2D eigenvalue weighted by atomic mass is 10.2. The number of ether oxygens (including phenoxy) is 1. The van der Waals surface area contributed by atoms with E-state index in [0.717, 1.165) is 29.9 Å². The van der Waals surface area contributed by atoms with Crippen LogP contribution in [0, 0.1) is 5.92 Å². The highest BCUT2D eigenvalue weighted by molar-refractivity contribution is 5.49. The molecule has 1 aliphatic rings. The molecule has 0 bridgehead atoms. The molecule has 1 fully saturated rings. The van der Waals surface area contributed by atoms with Crippen molar-refractivity contribution in [1.29, 1.82) is 0 Å². The Kier molecular flexibility index (Phi) is 5.17. The summed E-state index contributed by atoms with van der Waals surface area (Å²) in [4.78, 5) is 11.4. The highest BCUT2D eigenvalue weighted by Gasteiger charge is 2.31. The van der Waals surface area contributed by atoms with E-state index in [2.05, 4.69) is 41.1 Å². The van der Waals surface area contributed by atoms with Gasteiger partial charge in [-0.2, -0.15) is 0 Å². The fraction of sp³-hybridized carbons (Fsp3) is 0.733. The monoisotopic (exact) mass is 278 g/mol. The van der Waals surface area contributed by atoms with Crippen LogP contribution in [0.3, 0.4) is 0 Å². The number of nitrogens with zero attached hydrogens (tertiary/aromatic N) is 3. The second kappa shape index (κ2) is 6.88. The predicted molar refractivity (Wildman–Crippen MR) is 82.1 cm³/mol. The third-order valence-electron chi connectivity index (χ3n) is 3.83. The first kappa shape index (κ1) is 15.0. The van der Waals surface area contributed by atoms with Gasteiger partial charge in [0.15, 0.2) is 5.82 Å². The van der Waals surface area contributed by atoms with Crippen molar-refractivity contribution in [2.45, 2.75) is 46.3 Å². The number of nitrogens with one attached hydrogen (secondary N) is 1. The molecule has 1 heterocycles. The van der Waals surface area contributed by atoms with Gasteiger partial charge in [0, 0.05) is 32.3 Å². The van der Waals surface area contributed by atoms with E-state index in [1.807, 2.05) is 13.0 Å². The molecule has 0 spiro atoms. The molecule has 112 valence electrons. The third-order valence-corrected chi connectivity index (χ3v) is 3.83. The van der Waals surface area contributed by atoms with E-state index in [-0.39, 0.29) is 0 Å². The van der Waals surface area contributed by atoms with Gasteiger partial charge in [-0.1, -0.05) is 0 Å². The fourth-order valence-electron chi connectivity index (χ4n) is 2.30. The molecular formula is C15H26N4O. The van der Waals surface area contributed by atoms with E-state index in [9.17, 15) is 0 Å². The first-order valence-corrected chi connectivity index (χ1v) is 7.58. The average molecular weight is 278 g/mol. The molecule has 1 atom stereocenters. The van der Waals surface area contributed by atoms with Crippen molar-refractivity contribution in [2.24, 2.45) is 5.92 Å². The minimum absolute atomic E-state index is 0.467. The van der Waals surface area contributed by atoms with E-state index >= 15 is 0 Å². The summed E-state index contributed by atoms with van der Waals surface area (Å²) < 4.78 is 5.44. The Hall–Kier alpha value is -1.36. The summed E-state index contributed by atoms with van der Waals surface area (Å²) in [5, 5.41) is 3.27. The van der Waals surface area contributed by atoms with Crippen LogP contribution >= 0.6 is 0 Å². The van der Waals surface area contributed by atoms with Crippen LogP contribution in [0.15, 0.2) is 6.07 Å². The van der Waals surface area contributed by atoms with Gasteiger partial charge in [-0.15, -0.1) is 0 Å². The topological polar surface area (TPSA) is 50.3 Å². The van der Waals surface area contributed by atoms with Gasteiger partial charge in [0.1, 0.15) is 18.2 Å². The Bertz CT molecular complexity index is 434. The number of hydrogen-bond donors (Lipinski definition) is 1. The molecule has 5 nitrogen and oxygen atoms in total. The Balaban J connectivity index is 2.18. The SMILES string of the molecule is CCNc1cc(N(C)C(C)C2CC2)nc(COCC)n1. The van der Waals surface area contributed by atoms with Crippen LogP contribution in [0.25, 0.3) is 0 Å². The molecule has 1 aliphatic carbocycles. The predicted octanol–water partition coefficient (Wildman–Crippen LogP) is 2.68. The van der Waals surface area contributed by atoms with Crippen LogP contribution in [-0.4, -0.2) is 36.2 Å². The lowest BCUT2D eigenvalue weighted by Gasteiger charge is -2.26. The quantitative estimate of drug-likeness (QED) is 0.792. The smallest absolute Gasteiger partial charge is 0.158 e. The normalized spacial score (nSPS) is 16.0. The summed E-state index contributed by atoms with van der Waals surface area (Å²) in [7, 11) is 2.12. The van der Waals surface area contributed by atoms with Crippen LogP contribution in [0.4, 0.5) is 11.6 Å². The minimum Gasteiger partial charge on any atom is -0.374 e. The van der Waals surface area contributed by atoms with E-state index < -0.39 is 0 Å². The zero-order valence-corrected chi connectivity index (χ0v) is 13.0. The second-order valence-corrected chi connectivity index (χ2v) is 5.38. The number of rotatable bonds is 8. The Labute approximate surface area is 121 Å². The number of hydrogen-bond acceptors (Lipinski definition) is 5. The summed E-state index contributed by atoms with van der Waals surface area (Å²) in [6, 6.07) is 2.55. The molecular weight excluding hydrogens is 252 g/mol. The van der Waals surface area contributed by atoms with Gasteiger partial charge in [-0.3, -0.25) is 0 Å². The van der Waals surface area contributed by atoms with E-state index in [4.69, 9.17) is 4.74 Å². The van der Waals surface area contributed by atoms with Crippen LogP contribution in [0.2, 0.25) is 0 Å². The van der Waals surface area contributed by atoms with Gasteiger partial charge >= 0.3 is 0 Å².